The Morgan fingerprint density at radius 2 is 1.82 bits per heavy atom. The van der Waals surface area contributed by atoms with Gasteiger partial charge in [0.05, 0.1) is 5.02 Å². The normalized spacial score (nSPS) is 18.5. The van der Waals surface area contributed by atoms with E-state index >= 15 is 0 Å². The van der Waals surface area contributed by atoms with Gasteiger partial charge in [0.15, 0.2) is 11.5 Å². The van der Waals surface area contributed by atoms with Crippen LogP contribution in [0.15, 0.2) is 65.8 Å². The Hall–Kier alpha value is -3.34. The molecule has 1 unspecified atom stereocenters. The molecular weight excluding hydrogens is 471 g/mol. The summed E-state index contributed by atoms with van der Waals surface area (Å²) in [7, 11) is -2.84. The molecule has 3 aromatic rings. The minimum atomic E-state index is -4.31. The molecule has 1 aliphatic rings. The van der Waals surface area contributed by atoms with E-state index in [9.17, 15) is 22.2 Å². The molecule has 1 aliphatic heterocycles. The van der Waals surface area contributed by atoms with Crippen LogP contribution >= 0.6 is 11.6 Å². The summed E-state index contributed by atoms with van der Waals surface area (Å²) in [6.07, 6.45) is 1.19. The minimum absolute atomic E-state index is 0.0406. The van der Waals surface area contributed by atoms with Crippen molar-refractivity contribution in [2.75, 3.05) is 7.05 Å². The number of aliphatic imine (C=N–C) groups is 1. The minimum Gasteiger partial charge on any atom is -0.369 e. The van der Waals surface area contributed by atoms with Crippen LogP contribution in [0, 0.1) is 5.95 Å². The maximum absolute atomic E-state index is 14.4. The van der Waals surface area contributed by atoms with E-state index in [2.05, 4.69) is 9.98 Å². The number of halogens is 2. The number of nitrogens with zero attached hydrogens (tertiary/aromatic N) is 3. The first kappa shape index (κ1) is 22.8. The van der Waals surface area contributed by atoms with Gasteiger partial charge in [0.2, 0.25) is 5.95 Å². The maximum atomic E-state index is 14.4. The number of likely N-dealkylation sites (N-methyl/N-ethyl adjacent to an activating group) is 1. The molecular formula is C22H18ClFN4O4S. The maximum Gasteiger partial charge on any atom is 0.269 e. The second kappa shape index (κ2) is 8.22. The quantitative estimate of drug-likeness (QED) is 0.420. The molecule has 1 amide bonds. The van der Waals surface area contributed by atoms with Gasteiger partial charge in [0, 0.05) is 18.8 Å². The Morgan fingerprint density at radius 1 is 1.15 bits per heavy atom. The Bertz CT molecular complexity index is 1410. The predicted molar refractivity (Wildman–Crippen MR) is 122 cm³/mol. The van der Waals surface area contributed by atoms with Crippen molar-refractivity contribution in [2.24, 2.45) is 10.7 Å². The molecule has 1 atom stereocenters. The molecule has 0 fully saturated rings. The number of rotatable bonds is 5. The molecule has 0 radical (unpaired) electrons. The molecule has 0 saturated carbocycles. The lowest BCUT2D eigenvalue weighted by atomic mass is 9.81. The third kappa shape index (κ3) is 4.20. The summed E-state index contributed by atoms with van der Waals surface area (Å²) in [6.45, 7) is 0. The second-order valence-corrected chi connectivity index (χ2v) is 9.43. The van der Waals surface area contributed by atoms with Crippen LogP contribution < -0.4 is 5.73 Å². The van der Waals surface area contributed by atoms with Gasteiger partial charge in [0.1, 0.15) is 5.75 Å². The molecule has 4 rings (SSSR count). The lowest BCUT2D eigenvalue weighted by molar-refractivity contribution is -0.129. The van der Waals surface area contributed by atoms with Crippen LogP contribution in [-0.4, -0.2) is 41.8 Å². The van der Waals surface area contributed by atoms with Crippen LogP contribution in [0.5, 0.6) is 0 Å². The first-order valence-corrected chi connectivity index (χ1v) is 11.6. The molecule has 0 saturated heterocycles. The van der Waals surface area contributed by atoms with Crippen molar-refractivity contribution in [3.63, 3.8) is 0 Å². The number of guanidine groups is 1. The topological polar surface area (TPSA) is 126 Å². The molecule has 3 N–H and O–H groups in total. The molecule has 2 aromatic carbocycles. The van der Waals surface area contributed by atoms with Gasteiger partial charge >= 0.3 is 0 Å². The van der Waals surface area contributed by atoms with Crippen molar-refractivity contribution in [1.29, 1.82) is 0 Å². The van der Waals surface area contributed by atoms with Crippen molar-refractivity contribution in [2.45, 2.75) is 11.3 Å². The van der Waals surface area contributed by atoms with E-state index < -0.39 is 33.3 Å². The third-order valence-corrected chi connectivity index (χ3v) is 6.24. The summed E-state index contributed by atoms with van der Waals surface area (Å²) in [4.78, 5) is 22.7. The number of nitrogens with two attached hydrogens (primary N) is 1. The fourth-order valence-electron chi connectivity index (χ4n) is 3.82. The van der Waals surface area contributed by atoms with Gasteiger partial charge < -0.3 is 5.73 Å². The van der Waals surface area contributed by atoms with Crippen LogP contribution in [0.4, 0.5) is 4.39 Å². The SMILES string of the molecule is CN1C(=O)C(c2cccc(CS(=O)(=O)O)c2)(c2cccc(-c3cc(Cl)cnc3F)c2)N=C1N. The zero-order chi connectivity index (χ0) is 24.0. The standard InChI is InChI=1S/C22H18ClFN4O4S/c1-28-20(29)22(27-21(28)25,15-6-2-4-13(8-15)12-33(30,31)32)16-7-3-5-14(9-16)18-10-17(23)11-26-19(18)24/h2-11H,12H2,1H3,(H2,25,27)(H,30,31,32). The highest BCUT2D eigenvalue weighted by Crippen LogP contribution is 2.41. The highest BCUT2D eigenvalue weighted by Gasteiger charge is 2.49. The first-order chi connectivity index (χ1) is 15.5. The number of carbonyl (C=O) groups excluding carboxylic acids is 1. The van der Waals surface area contributed by atoms with Gasteiger partial charge in [-0.15, -0.1) is 0 Å². The van der Waals surface area contributed by atoms with Crippen molar-refractivity contribution in [3.05, 3.63) is 88.5 Å². The monoisotopic (exact) mass is 488 g/mol. The number of hydrogen-bond acceptors (Lipinski definition) is 6. The third-order valence-electron chi connectivity index (χ3n) is 5.33. The molecule has 170 valence electrons. The number of hydrogen-bond donors (Lipinski definition) is 2. The molecule has 0 aliphatic carbocycles. The van der Waals surface area contributed by atoms with Gasteiger partial charge in [-0.25, -0.2) is 9.98 Å². The number of pyridine rings is 1. The van der Waals surface area contributed by atoms with Crippen LogP contribution in [0.25, 0.3) is 11.1 Å². The zero-order valence-electron chi connectivity index (χ0n) is 17.2. The van der Waals surface area contributed by atoms with Crippen LogP contribution in [0.2, 0.25) is 5.02 Å². The summed E-state index contributed by atoms with van der Waals surface area (Å²) >= 11 is 5.99. The fraction of sp³-hybridized carbons (Fsp3) is 0.136. The van der Waals surface area contributed by atoms with Crippen LogP contribution in [-0.2, 0) is 26.2 Å². The summed E-state index contributed by atoms with van der Waals surface area (Å²) in [6, 6.07) is 14.0. The average molecular weight is 489 g/mol. The molecule has 2 heterocycles. The highest BCUT2D eigenvalue weighted by atomic mass is 35.5. The van der Waals surface area contributed by atoms with Crippen LogP contribution in [0.3, 0.4) is 0 Å². The number of carbonyl (C=O) groups is 1. The Morgan fingerprint density at radius 3 is 2.45 bits per heavy atom. The Labute approximate surface area is 194 Å². The smallest absolute Gasteiger partial charge is 0.269 e. The number of amides is 1. The van der Waals surface area contributed by atoms with Crippen LogP contribution in [0.1, 0.15) is 16.7 Å². The van der Waals surface area contributed by atoms with E-state index in [0.29, 0.717) is 16.7 Å². The molecule has 0 bridgehead atoms. The summed E-state index contributed by atoms with van der Waals surface area (Å²) < 4.78 is 46.5. The summed E-state index contributed by atoms with van der Waals surface area (Å²) in [5.41, 5.74) is 5.85. The number of aromatic nitrogens is 1. The lowest BCUT2D eigenvalue weighted by Gasteiger charge is -2.27. The van der Waals surface area contributed by atoms with Gasteiger partial charge in [-0.3, -0.25) is 14.2 Å². The first-order valence-electron chi connectivity index (χ1n) is 9.61. The van der Waals surface area contributed by atoms with Crippen molar-refractivity contribution < 1.29 is 22.2 Å². The van der Waals surface area contributed by atoms with Gasteiger partial charge in [-0.2, -0.15) is 12.8 Å². The van der Waals surface area contributed by atoms with Crippen molar-refractivity contribution >= 4 is 33.6 Å². The van der Waals surface area contributed by atoms with Gasteiger partial charge in [0.25, 0.3) is 16.0 Å². The predicted octanol–water partition coefficient (Wildman–Crippen LogP) is 2.96. The molecule has 11 heteroatoms. The zero-order valence-corrected chi connectivity index (χ0v) is 18.8. The number of benzene rings is 2. The molecule has 8 nitrogen and oxygen atoms in total. The van der Waals surface area contributed by atoms with E-state index in [4.69, 9.17) is 17.3 Å². The van der Waals surface area contributed by atoms with E-state index in [0.717, 1.165) is 0 Å². The van der Waals surface area contributed by atoms with Gasteiger partial charge in [-0.05, 0) is 34.4 Å². The van der Waals surface area contributed by atoms with Crippen molar-refractivity contribution in [1.82, 2.24) is 9.88 Å². The molecule has 33 heavy (non-hydrogen) atoms. The van der Waals surface area contributed by atoms with E-state index in [1.807, 2.05) is 0 Å². The second-order valence-electron chi connectivity index (χ2n) is 7.54. The van der Waals surface area contributed by atoms with Crippen molar-refractivity contribution in [3.8, 4) is 11.1 Å². The Balaban J connectivity index is 1.94. The van der Waals surface area contributed by atoms with E-state index in [-0.39, 0.29) is 22.1 Å². The largest absolute Gasteiger partial charge is 0.369 e. The molecule has 0 spiro atoms. The Kier molecular flexibility index (Phi) is 5.69. The average Bonchev–Trinajstić information content (AvgIpc) is 2.99. The summed E-state index contributed by atoms with van der Waals surface area (Å²) in [5, 5.41) is 0.239. The fourth-order valence-corrected chi connectivity index (χ4v) is 4.58. The molecule has 1 aromatic heterocycles. The van der Waals surface area contributed by atoms with E-state index in [1.165, 1.54) is 36.3 Å². The lowest BCUT2D eigenvalue weighted by Crippen LogP contribution is -2.41. The van der Waals surface area contributed by atoms with E-state index in [1.54, 1.807) is 36.4 Å². The van der Waals surface area contributed by atoms with Gasteiger partial charge in [-0.1, -0.05) is 54.1 Å². The summed E-state index contributed by atoms with van der Waals surface area (Å²) in [5.74, 6) is -1.90. The highest BCUT2D eigenvalue weighted by molar-refractivity contribution is 7.85.